The Bertz CT molecular complexity index is 410. The quantitative estimate of drug-likeness (QED) is 0.623. The van der Waals surface area contributed by atoms with E-state index in [9.17, 15) is 13.6 Å². The third kappa shape index (κ3) is 1.24. The summed E-state index contributed by atoms with van der Waals surface area (Å²) in [5, 5.41) is 0. The zero-order chi connectivity index (χ0) is 10.3. The molecule has 0 spiro atoms. The molecule has 0 atom stereocenters. The lowest BCUT2D eigenvalue weighted by atomic mass is 9.89. The van der Waals surface area contributed by atoms with Gasteiger partial charge in [0.15, 0.2) is 5.78 Å². The second-order valence-electron chi connectivity index (χ2n) is 3.60. The average molecular weight is 196 g/mol. The van der Waals surface area contributed by atoms with E-state index in [4.69, 9.17) is 0 Å². The average Bonchev–Trinajstić information content (AvgIpc) is 2.17. The van der Waals surface area contributed by atoms with E-state index < -0.39 is 11.6 Å². The summed E-state index contributed by atoms with van der Waals surface area (Å²) in [7, 11) is 0. The van der Waals surface area contributed by atoms with Crippen LogP contribution < -0.4 is 0 Å². The molecule has 0 aromatic heterocycles. The molecule has 1 aromatic carbocycles. The smallest absolute Gasteiger partial charge is 0.163 e. The van der Waals surface area contributed by atoms with E-state index >= 15 is 0 Å². The second-order valence-corrected chi connectivity index (χ2v) is 3.60. The van der Waals surface area contributed by atoms with Gasteiger partial charge < -0.3 is 0 Å². The summed E-state index contributed by atoms with van der Waals surface area (Å²) in [6.45, 7) is 1.39. The summed E-state index contributed by atoms with van der Waals surface area (Å²) in [5.74, 6) is -1.33. The van der Waals surface area contributed by atoms with Gasteiger partial charge in [-0.3, -0.25) is 4.79 Å². The van der Waals surface area contributed by atoms with Gasteiger partial charge >= 0.3 is 0 Å². The molecule has 0 saturated heterocycles. The summed E-state index contributed by atoms with van der Waals surface area (Å²) in [4.78, 5) is 11.4. The van der Waals surface area contributed by atoms with Gasteiger partial charge in [-0.1, -0.05) is 0 Å². The molecule has 14 heavy (non-hydrogen) atoms. The molecule has 0 bridgehead atoms. The highest BCUT2D eigenvalue weighted by molar-refractivity contribution is 5.98. The monoisotopic (exact) mass is 196 g/mol. The van der Waals surface area contributed by atoms with Crippen molar-refractivity contribution in [2.45, 2.75) is 26.2 Å². The number of carbonyl (C=O) groups is 1. The molecular weight excluding hydrogens is 186 g/mol. The van der Waals surface area contributed by atoms with Crippen LogP contribution >= 0.6 is 0 Å². The van der Waals surface area contributed by atoms with Crippen LogP contribution in [0.5, 0.6) is 0 Å². The zero-order valence-electron chi connectivity index (χ0n) is 7.86. The van der Waals surface area contributed by atoms with E-state index in [1.807, 2.05) is 0 Å². The maximum atomic E-state index is 13.5. The zero-order valence-corrected chi connectivity index (χ0v) is 7.86. The fraction of sp³-hybridized carbons (Fsp3) is 0.364. The Hall–Kier alpha value is -1.25. The Morgan fingerprint density at radius 1 is 1.29 bits per heavy atom. The van der Waals surface area contributed by atoms with Gasteiger partial charge in [-0.25, -0.2) is 8.78 Å². The first-order chi connectivity index (χ1) is 6.61. The van der Waals surface area contributed by atoms with Crippen molar-refractivity contribution in [2.75, 3.05) is 0 Å². The first-order valence-corrected chi connectivity index (χ1v) is 4.62. The van der Waals surface area contributed by atoms with Gasteiger partial charge in [0, 0.05) is 17.5 Å². The van der Waals surface area contributed by atoms with Gasteiger partial charge in [0.05, 0.1) is 0 Å². The van der Waals surface area contributed by atoms with Crippen LogP contribution in [0.25, 0.3) is 0 Å². The predicted molar refractivity (Wildman–Crippen MR) is 48.4 cm³/mol. The van der Waals surface area contributed by atoms with Gasteiger partial charge in [0.2, 0.25) is 0 Å². The van der Waals surface area contributed by atoms with Gasteiger partial charge in [-0.05, 0) is 31.4 Å². The third-order valence-electron chi connectivity index (χ3n) is 2.68. The van der Waals surface area contributed by atoms with Crippen LogP contribution in [-0.2, 0) is 6.42 Å². The minimum Gasteiger partial charge on any atom is -0.294 e. The summed E-state index contributed by atoms with van der Waals surface area (Å²) in [5.41, 5.74) is 0.635. The molecule has 2 rings (SSSR count). The lowest BCUT2D eigenvalue weighted by Crippen LogP contribution is -2.14. The molecular formula is C11H10F2O. The Morgan fingerprint density at radius 2 is 2.00 bits per heavy atom. The van der Waals surface area contributed by atoms with Crippen molar-refractivity contribution in [1.29, 1.82) is 0 Å². The molecule has 1 aromatic rings. The molecule has 3 heteroatoms. The maximum Gasteiger partial charge on any atom is 0.163 e. The lowest BCUT2D eigenvalue weighted by molar-refractivity contribution is 0.0971. The van der Waals surface area contributed by atoms with E-state index in [1.165, 1.54) is 6.92 Å². The van der Waals surface area contributed by atoms with Crippen molar-refractivity contribution >= 4 is 5.78 Å². The maximum absolute atomic E-state index is 13.5. The van der Waals surface area contributed by atoms with Gasteiger partial charge in [0.25, 0.3) is 0 Å². The van der Waals surface area contributed by atoms with Gasteiger partial charge in [0.1, 0.15) is 11.6 Å². The molecule has 0 unspecified atom stereocenters. The lowest BCUT2D eigenvalue weighted by Gasteiger charge is -2.16. The number of hydrogen-bond acceptors (Lipinski definition) is 1. The molecule has 0 aliphatic heterocycles. The first kappa shape index (κ1) is 9.31. The SMILES string of the molecule is Cc1c(F)cc2c(c1F)CCCC2=O. The normalized spacial score (nSPS) is 15.5. The van der Waals surface area contributed by atoms with Crippen molar-refractivity contribution < 1.29 is 13.6 Å². The molecule has 0 heterocycles. The van der Waals surface area contributed by atoms with Gasteiger partial charge in [-0.2, -0.15) is 0 Å². The van der Waals surface area contributed by atoms with Crippen molar-refractivity contribution in [3.05, 3.63) is 34.4 Å². The molecule has 1 aliphatic rings. The van der Waals surface area contributed by atoms with Crippen LogP contribution in [0.4, 0.5) is 8.78 Å². The molecule has 74 valence electrons. The topological polar surface area (TPSA) is 17.1 Å². The Labute approximate surface area is 80.7 Å². The molecule has 0 radical (unpaired) electrons. The van der Waals surface area contributed by atoms with Crippen molar-refractivity contribution in [3.63, 3.8) is 0 Å². The van der Waals surface area contributed by atoms with Crippen LogP contribution in [-0.4, -0.2) is 5.78 Å². The molecule has 0 N–H and O–H groups in total. The van der Waals surface area contributed by atoms with Crippen LogP contribution in [0.15, 0.2) is 6.07 Å². The predicted octanol–water partition coefficient (Wildman–Crippen LogP) is 2.79. The highest BCUT2D eigenvalue weighted by Crippen LogP contribution is 2.27. The number of fused-ring (bicyclic) bond motifs is 1. The summed E-state index contributed by atoms with van der Waals surface area (Å²) in [6.07, 6.45) is 1.59. The summed E-state index contributed by atoms with van der Waals surface area (Å²) < 4.78 is 26.7. The van der Waals surface area contributed by atoms with E-state index in [-0.39, 0.29) is 16.9 Å². The summed E-state index contributed by atoms with van der Waals surface area (Å²) >= 11 is 0. The fourth-order valence-corrected chi connectivity index (χ4v) is 1.83. The Balaban J connectivity index is 2.69. The molecule has 0 saturated carbocycles. The van der Waals surface area contributed by atoms with E-state index in [2.05, 4.69) is 0 Å². The van der Waals surface area contributed by atoms with Crippen LogP contribution in [0, 0.1) is 18.6 Å². The number of Topliss-reactive ketones (excluding diaryl/α,β-unsaturated/α-hetero) is 1. The number of hydrogen-bond donors (Lipinski definition) is 0. The molecule has 1 aliphatic carbocycles. The Morgan fingerprint density at radius 3 is 2.71 bits per heavy atom. The highest BCUT2D eigenvalue weighted by atomic mass is 19.1. The van der Waals surface area contributed by atoms with Crippen molar-refractivity contribution in [2.24, 2.45) is 0 Å². The fourth-order valence-electron chi connectivity index (χ4n) is 1.83. The van der Waals surface area contributed by atoms with Crippen LogP contribution in [0.1, 0.15) is 34.3 Å². The summed E-state index contributed by atoms with van der Waals surface area (Å²) in [6, 6.07) is 1.16. The van der Waals surface area contributed by atoms with E-state index in [1.54, 1.807) is 0 Å². The number of carbonyl (C=O) groups excluding carboxylic acids is 1. The van der Waals surface area contributed by atoms with Crippen LogP contribution in [0.3, 0.4) is 0 Å². The number of benzene rings is 1. The second kappa shape index (κ2) is 3.15. The minimum atomic E-state index is -0.628. The first-order valence-electron chi connectivity index (χ1n) is 4.62. The van der Waals surface area contributed by atoms with Crippen molar-refractivity contribution in [1.82, 2.24) is 0 Å². The molecule has 1 nitrogen and oxygen atoms in total. The number of ketones is 1. The minimum absolute atomic E-state index is 0.0125. The highest BCUT2D eigenvalue weighted by Gasteiger charge is 2.23. The van der Waals surface area contributed by atoms with E-state index in [0.29, 0.717) is 24.8 Å². The number of halogens is 2. The third-order valence-corrected chi connectivity index (χ3v) is 2.68. The van der Waals surface area contributed by atoms with E-state index in [0.717, 1.165) is 6.07 Å². The Kier molecular flexibility index (Phi) is 2.10. The van der Waals surface area contributed by atoms with Gasteiger partial charge in [-0.15, -0.1) is 0 Å². The standard InChI is InChI=1S/C11H10F2O/c1-6-9(12)5-8-7(11(6)13)3-2-4-10(8)14/h5H,2-4H2,1H3. The van der Waals surface area contributed by atoms with Crippen molar-refractivity contribution in [3.8, 4) is 0 Å². The molecule has 0 amide bonds. The largest absolute Gasteiger partial charge is 0.294 e. The number of rotatable bonds is 0. The molecule has 0 fully saturated rings. The van der Waals surface area contributed by atoms with Crippen LogP contribution in [0.2, 0.25) is 0 Å².